The molecule has 26 heavy (non-hydrogen) atoms. The van der Waals surface area contributed by atoms with Gasteiger partial charge in [-0.1, -0.05) is 59.3 Å². The van der Waals surface area contributed by atoms with Crippen LogP contribution in [-0.4, -0.2) is 18.2 Å². The van der Waals surface area contributed by atoms with Crippen LogP contribution in [0.5, 0.6) is 0 Å². The van der Waals surface area contributed by atoms with E-state index in [2.05, 4.69) is 20.6 Å². The van der Waals surface area contributed by atoms with Crippen LogP contribution in [0, 0.1) is 6.92 Å². The predicted molar refractivity (Wildman–Crippen MR) is 102 cm³/mol. The van der Waals surface area contributed by atoms with E-state index in [9.17, 15) is 9.59 Å². The van der Waals surface area contributed by atoms with E-state index in [1.54, 1.807) is 18.2 Å². The molecule has 6 nitrogen and oxygen atoms in total. The van der Waals surface area contributed by atoms with Crippen LogP contribution in [0.15, 0.2) is 71.9 Å². The summed E-state index contributed by atoms with van der Waals surface area (Å²) in [6.07, 6.45) is 0.128. The van der Waals surface area contributed by atoms with Gasteiger partial charge in [0.25, 0.3) is 5.91 Å². The molecule has 0 heterocycles. The quantitative estimate of drug-likeness (QED) is 0.419. The van der Waals surface area contributed by atoms with Crippen molar-refractivity contribution in [1.29, 1.82) is 0 Å². The van der Waals surface area contributed by atoms with E-state index in [4.69, 9.17) is 0 Å². The summed E-state index contributed by atoms with van der Waals surface area (Å²) in [7, 11) is 0. The Morgan fingerprint density at radius 3 is 2.46 bits per heavy atom. The highest BCUT2D eigenvalue weighted by atomic mass is 16.7. The Bertz CT molecular complexity index is 960. The van der Waals surface area contributed by atoms with E-state index in [1.807, 2.05) is 55.5 Å². The smallest absolute Gasteiger partial charge is 0.321 e. The van der Waals surface area contributed by atoms with Gasteiger partial charge in [0, 0.05) is 11.1 Å². The van der Waals surface area contributed by atoms with Gasteiger partial charge in [0.05, 0.1) is 5.69 Å². The van der Waals surface area contributed by atoms with Crippen LogP contribution >= 0.6 is 0 Å². The highest BCUT2D eigenvalue weighted by molar-refractivity contribution is 6.31. The molecule has 6 heteroatoms. The number of oxime groups is 1. The van der Waals surface area contributed by atoms with Gasteiger partial charge in [-0.15, -0.1) is 0 Å². The summed E-state index contributed by atoms with van der Waals surface area (Å²) in [5, 5.41) is 10.5. The number of nitrogens with zero attached hydrogens (tertiary/aromatic N) is 1. The maximum Gasteiger partial charge on any atom is 0.437 e. The van der Waals surface area contributed by atoms with Crippen LogP contribution in [0.25, 0.3) is 10.8 Å². The molecule has 0 bridgehead atoms. The van der Waals surface area contributed by atoms with Gasteiger partial charge in [-0.05, 0) is 30.5 Å². The molecule has 0 aliphatic carbocycles. The Morgan fingerprint density at radius 2 is 1.65 bits per heavy atom. The van der Waals surface area contributed by atoms with Crippen LogP contribution in [0.2, 0.25) is 0 Å². The molecule has 0 spiro atoms. The molecule has 3 aromatic carbocycles. The Kier molecular flexibility index (Phi) is 5.24. The zero-order chi connectivity index (χ0) is 18.4. The number of amides is 2. The standard InChI is InChI=1S/C20H17N3O3/c1-14-9-11-16(12-10-14)22-19(24)13-21-26-20(25)23-18-8-4-6-15-5-2-3-7-17(15)18/h2-13H,1H3,(H,22,24)(H,23,25). The molecule has 2 amide bonds. The minimum atomic E-state index is -0.777. The molecule has 130 valence electrons. The summed E-state index contributed by atoms with van der Waals surface area (Å²) < 4.78 is 0. The highest BCUT2D eigenvalue weighted by Gasteiger charge is 2.06. The Labute approximate surface area is 150 Å². The fraction of sp³-hybridized carbons (Fsp3) is 0.0500. The predicted octanol–water partition coefficient (Wildman–Crippen LogP) is 4.32. The molecular formula is C20H17N3O3. The summed E-state index contributed by atoms with van der Waals surface area (Å²) in [5.41, 5.74) is 2.32. The average molecular weight is 347 g/mol. The van der Waals surface area contributed by atoms with Gasteiger partial charge in [0.15, 0.2) is 0 Å². The Morgan fingerprint density at radius 1 is 0.923 bits per heavy atom. The van der Waals surface area contributed by atoms with Crippen molar-refractivity contribution in [3.05, 3.63) is 72.3 Å². The van der Waals surface area contributed by atoms with E-state index >= 15 is 0 Å². The van der Waals surface area contributed by atoms with Crippen LogP contribution < -0.4 is 10.6 Å². The molecule has 0 saturated heterocycles. The second-order valence-corrected chi connectivity index (χ2v) is 5.62. The monoisotopic (exact) mass is 347 g/mol. The fourth-order valence-corrected chi connectivity index (χ4v) is 2.40. The van der Waals surface area contributed by atoms with E-state index in [0.717, 1.165) is 22.6 Å². The van der Waals surface area contributed by atoms with E-state index < -0.39 is 12.0 Å². The lowest BCUT2D eigenvalue weighted by atomic mass is 10.1. The molecule has 0 aliphatic heterocycles. The van der Waals surface area contributed by atoms with Crippen molar-refractivity contribution >= 4 is 40.4 Å². The minimum absolute atomic E-state index is 0.494. The number of benzene rings is 3. The molecule has 3 aromatic rings. The van der Waals surface area contributed by atoms with Crippen molar-refractivity contribution in [2.24, 2.45) is 5.16 Å². The Hall–Kier alpha value is -3.67. The molecule has 0 radical (unpaired) electrons. The van der Waals surface area contributed by atoms with Crippen molar-refractivity contribution in [3.8, 4) is 0 Å². The highest BCUT2D eigenvalue weighted by Crippen LogP contribution is 2.22. The van der Waals surface area contributed by atoms with Crippen LogP contribution in [0.3, 0.4) is 0 Å². The van der Waals surface area contributed by atoms with Crippen LogP contribution in [0.4, 0.5) is 16.2 Å². The minimum Gasteiger partial charge on any atom is -0.321 e. The first-order valence-electron chi connectivity index (χ1n) is 7.98. The van der Waals surface area contributed by atoms with Gasteiger partial charge in [-0.3, -0.25) is 14.9 Å². The van der Waals surface area contributed by atoms with Gasteiger partial charge in [-0.2, -0.15) is 0 Å². The number of carbonyl (C=O) groups is 2. The lowest BCUT2D eigenvalue weighted by Crippen LogP contribution is -2.15. The van der Waals surface area contributed by atoms with Crippen molar-refractivity contribution in [1.82, 2.24) is 0 Å². The van der Waals surface area contributed by atoms with E-state index in [1.165, 1.54) is 0 Å². The second-order valence-electron chi connectivity index (χ2n) is 5.62. The Balaban J connectivity index is 1.55. The third-order valence-electron chi connectivity index (χ3n) is 3.65. The molecule has 0 saturated carbocycles. The van der Waals surface area contributed by atoms with Gasteiger partial charge in [0.1, 0.15) is 6.21 Å². The van der Waals surface area contributed by atoms with Crippen molar-refractivity contribution in [3.63, 3.8) is 0 Å². The largest absolute Gasteiger partial charge is 0.437 e. The lowest BCUT2D eigenvalue weighted by molar-refractivity contribution is -0.110. The average Bonchev–Trinajstić information content (AvgIpc) is 2.64. The number of nitrogens with one attached hydrogen (secondary N) is 2. The normalized spacial score (nSPS) is 10.7. The molecular weight excluding hydrogens is 330 g/mol. The van der Waals surface area contributed by atoms with Gasteiger partial charge >= 0.3 is 6.09 Å². The number of hydrogen-bond donors (Lipinski definition) is 2. The zero-order valence-corrected chi connectivity index (χ0v) is 14.1. The second kappa shape index (κ2) is 7.94. The summed E-state index contributed by atoms with van der Waals surface area (Å²) >= 11 is 0. The SMILES string of the molecule is Cc1ccc(NC(=O)C=NOC(=O)Nc2cccc3ccccc23)cc1. The van der Waals surface area contributed by atoms with Crippen LogP contribution in [-0.2, 0) is 9.63 Å². The number of fused-ring (bicyclic) bond motifs is 1. The maximum atomic E-state index is 11.9. The van der Waals surface area contributed by atoms with E-state index in [-0.39, 0.29) is 0 Å². The van der Waals surface area contributed by atoms with E-state index in [0.29, 0.717) is 11.4 Å². The molecule has 0 atom stereocenters. The summed E-state index contributed by atoms with van der Waals surface area (Å²) in [5.74, 6) is -0.494. The van der Waals surface area contributed by atoms with Gasteiger partial charge in [-0.25, -0.2) is 4.79 Å². The van der Waals surface area contributed by atoms with Crippen molar-refractivity contribution in [2.75, 3.05) is 10.6 Å². The molecule has 0 fully saturated rings. The first-order chi connectivity index (χ1) is 12.6. The number of rotatable bonds is 4. The first-order valence-corrected chi connectivity index (χ1v) is 7.98. The third-order valence-corrected chi connectivity index (χ3v) is 3.65. The molecule has 0 unspecified atom stereocenters. The molecule has 0 aliphatic rings. The number of aryl methyl sites for hydroxylation is 1. The van der Waals surface area contributed by atoms with Crippen molar-refractivity contribution in [2.45, 2.75) is 6.92 Å². The summed E-state index contributed by atoms with van der Waals surface area (Å²) in [6.45, 7) is 1.95. The number of carbonyl (C=O) groups excluding carboxylic acids is 2. The number of anilines is 2. The van der Waals surface area contributed by atoms with Crippen LogP contribution in [0.1, 0.15) is 5.56 Å². The summed E-state index contributed by atoms with van der Waals surface area (Å²) in [4.78, 5) is 28.3. The third kappa shape index (κ3) is 4.45. The lowest BCUT2D eigenvalue weighted by Gasteiger charge is -2.06. The molecule has 3 rings (SSSR count). The molecule has 0 aromatic heterocycles. The fourth-order valence-electron chi connectivity index (χ4n) is 2.40. The maximum absolute atomic E-state index is 11.9. The van der Waals surface area contributed by atoms with Crippen molar-refractivity contribution < 1.29 is 14.4 Å². The van der Waals surface area contributed by atoms with Gasteiger partial charge < -0.3 is 5.32 Å². The zero-order valence-electron chi connectivity index (χ0n) is 14.1. The summed E-state index contributed by atoms with van der Waals surface area (Å²) in [6, 6.07) is 20.5. The number of hydrogen-bond acceptors (Lipinski definition) is 4. The topological polar surface area (TPSA) is 79.8 Å². The van der Waals surface area contributed by atoms with Gasteiger partial charge in [0.2, 0.25) is 0 Å². The molecule has 2 N–H and O–H groups in total. The first kappa shape index (κ1) is 17.2.